The molecule has 0 aromatic rings. The lowest BCUT2D eigenvalue weighted by Gasteiger charge is -2.40. The van der Waals surface area contributed by atoms with Crippen LogP contribution in [0.4, 0.5) is 0 Å². The third kappa shape index (κ3) is 3.48. The van der Waals surface area contributed by atoms with Crippen LogP contribution in [-0.4, -0.2) is 24.4 Å². The van der Waals surface area contributed by atoms with Gasteiger partial charge in [-0.3, -0.25) is 0 Å². The van der Waals surface area contributed by atoms with Gasteiger partial charge >= 0.3 is 0 Å². The summed E-state index contributed by atoms with van der Waals surface area (Å²) in [5.74, 6) is 1.89. The van der Waals surface area contributed by atoms with Crippen molar-refractivity contribution in [2.45, 2.75) is 65.4 Å². The van der Waals surface area contributed by atoms with Crippen molar-refractivity contribution < 1.29 is 9.84 Å². The lowest BCUT2D eigenvalue weighted by atomic mass is 9.67. The highest BCUT2D eigenvalue weighted by Gasteiger charge is 2.35. The van der Waals surface area contributed by atoms with Gasteiger partial charge in [-0.25, -0.2) is 0 Å². The molecule has 2 nitrogen and oxygen atoms in total. The van der Waals surface area contributed by atoms with Crippen LogP contribution in [0.3, 0.4) is 0 Å². The Morgan fingerprint density at radius 1 is 0.889 bits per heavy atom. The SMILES string of the molecule is CC(C)(C)C1CCC(C(O)C2CCOCC2)CC1. The van der Waals surface area contributed by atoms with Crippen molar-refractivity contribution in [2.24, 2.45) is 23.2 Å². The number of aliphatic hydroxyl groups is 1. The molecule has 0 radical (unpaired) electrons. The van der Waals surface area contributed by atoms with Crippen molar-refractivity contribution in [1.82, 2.24) is 0 Å². The minimum Gasteiger partial charge on any atom is -0.393 e. The van der Waals surface area contributed by atoms with Crippen LogP contribution in [-0.2, 0) is 4.74 Å². The summed E-state index contributed by atoms with van der Waals surface area (Å²) >= 11 is 0. The average molecular weight is 254 g/mol. The van der Waals surface area contributed by atoms with Gasteiger partial charge < -0.3 is 9.84 Å². The summed E-state index contributed by atoms with van der Waals surface area (Å²) in [5.41, 5.74) is 0.439. The summed E-state index contributed by atoms with van der Waals surface area (Å²) in [7, 11) is 0. The molecule has 2 fully saturated rings. The van der Waals surface area contributed by atoms with Crippen LogP contribution >= 0.6 is 0 Å². The lowest BCUT2D eigenvalue weighted by molar-refractivity contribution is -0.0325. The van der Waals surface area contributed by atoms with Crippen LogP contribution in [0.15, 0.2) is 0 Å². The average Bonchev–Trinajstić information content (AvgIpc) is 2.38. The summed E-state index contributed by atoms with van der Waals surface area (Å²) in [6.45, 7) is 8.75. The van der Waals surface area contributed by atoms with Crippen LogP contribution in [0.1, 0.15) is 59.3 Å². The van der Waals surface area contributed by atoms with Crippen molar-refractivity contribution in [1.29, 1.82) is 0 Å². The molecule has 18 heavy (non-hydrogen) atoms. The van der Waals surface area contributed by atoms with Crippen LogP contribution in [0.2, 0.25) is 0 Å². The van der Waals surface area contributed by atoms with E-state index in [-0.39, 0.29) is 6.10 Å². The van der Waals surface area contributed by atoms with Crippen molar-refractivity contribution in [3.63, 3.8) is 0 Å². The monoisotopic (exact) mass is 254 g/mol. The molecule has 106 valence electrons. The molecule has 1 N–H and O–H groups in total. The molecular formula is C16H30O2. The predicted octanol–water partition coefficient (Wildman–Crippen LogP) is 3.63. The fourth-order valence-corrected chi connectivity index (χ4v) is 3.77. The Hall–Kier alpha value is -0.0800. The maximum atomic E-state index is 10.5. The minimum absolute atomic E-state index is 0.0742. The molecule has 1 saturated heterocycles. The van der Waals surface area contributed by atoms with Crippen LogP contribution in [0.5, 0.6) is 0 Å². The zero-order chi connectivity index (χ0) is 13.2. The molecule has 2 heteroatoms. The number of hydrogen-bond acceptors (Lipinski definition) is 2. The lowest BCUT2D eigenvalue weighted by Crippen LogP contribution is -2.36. The Morgan fingerprint density at radius 2 is 1.39 bits per heavy atom. The van der Waals surface area contributed by atoms with E-state index in [2.05, 4.69) is 20.8 Å². The van der Waals surface area contributed by atoms with Gasteiger partial charge in [0.05, 0.1) is 6.10 Å². The fourth-order valence-electron chi connectivity index (χ4n) is 3.77. The molecule has 1 heterocycles. The Morgan fingerprint density at radius 3 is 1.89 bits per heavy atom. The van der Waals surface area contributed by atoms with E-state index < -0.39 is 0 Å². The highest BCUT2D eigenvalue weighted by Crippen LogP contribution is 2.42. The molecule has 1 aliphatic carbocycles. The first-order chi connectivity index (χ1) is 8.48. The molecule has 1 aliphatic heterocycles. The molecule has 0 aromatic carbocycles. The minimum atomic E-state index is -0.0742. The molecule has 2 rings (SSSR count). The van der Waals surface area contributed by atoms with E-state index in [9.17, 15) is 5.11 Å². The Labute approximate surface area is 112 Å². The molecule has 1 atom stereocenters. The third-order valence-electron chi connectivity index (χ3n) is 5.23. The molecule has 2 aliphatic rings. The normalized spacial score (nSPS) is 33.3. The second-order valence-electron chi connectivity index (χ2n) is 7.42. The van der Waals surface area contributed by atoms with Gasteiger partial charge in [-0.1, -0.05) is 20.8 Å². The summed E-state index contributed by atoms with van der Waals surface area (Å²) in [4.78, 5) is 0. The summed E-state index contributed by atoms with van der Waals surface area (Å²) < 4.78 is 5.39. The maximum Gasteiger partial charge on any atom is 0.0598 e. The Balaban J connectivity index is 1.81. The summed E-state index contributed by atoms with van der Waals surface area (Å²) in [6, 6.07) is 0. The van der Waals surface area contributed by atoms with Gasteiger partial charge in [0.2, 0.25) is 0 Å². The molecule has 0 spiro atoms. The number of ether oxygens (including phenoxy) is 1. The van der Waals surface area contributed by atoms with Crippen LogP contribution < -0.4 is 0 Å². The van der Waals surface area contributed by atoms with Crippen molar-refractivity contribution in [2.75, 3.05) is 13.2 Å². The maximum absolute atomic E-state index is 10.5. The van der Waals surface area contributed by atoms with E-state index in [1.165, 1.54) is 25.7 Å². The fraction of sp³-hybridized carbons (Fsp3) is 1.00. The number of hydrogen-bond donors (Lipinski definition) is 1. The van der Waals surface area contributed by atoms with Crippen molar-refractivity contribution in [3.8, 4) is 0 Å². The number of rotatable bonds is 2. The van der Waals surface area contributed by atoms with Gasteiger partial charge in [0.15, 0.2) is 0 Å². The summed E-state index contributed by atoms with van der Waals surface area (Å²) in [5, 5.41) is 10.5. The molecule has 1 unspecified atom stereocenters. The molecular weight excluding hydrogens is 224 g/mol. The molecule has 0 aromatic heterocycles. The van der Waals surface area contributed by atoms with Crippen molar-refractivity contribution in [3.05, 3.63) is 0 Å². The van der Waals surface area contributed by atoms with E-state index >= 15 is 0 Å². The highest BCUT2D eigenvalue weighted by molar-refractivity contribution is 4.86. The first-order valence-electron chi connectivity index (χ1n) is 7.74. The van der Waals surface area contributed by atoms with Crippen molar-refractivity contribution >= 4 is 0 Å². The number of aliphatic hydroxyl groups excluding tert-OH is 1. The quantitative estimate of drug-likeness (QED) is 0.815. The Bertz CT molecular complexity index is 242. The van der Waals surface area contributed by atoms with E-state index in [0.29, 0.717) is 17.3 Å². The van der Waals surface area contributed by atoms with Gasteiger partial charge in [0.25, 0.3) is 0 Å². The Kier molecular flexibility index (Phi) is 4.71. The second kappa shape index (κ2) is 5.92. The molecule has 0 bridgehead atoms. The first-order valence-corrected chi connectivity index (χ1v) is 7.74. The zero-order valence-electron chi connectivity index (χ0n) is 12.3. The third-order valence-corrected chi connectivity index (χ3v) is 5.23. The second-order valence-corrected chi connectivity index (χ2v) is 7.42. The topological polar surface area (TPSA) is 29.5 Å². The van der Waals surface area contributed by atoms with Gasteiger partial charge in [0.1, 0.15) is 0 Å². The van der Waals surface area contributed by atoms with Gasteiger partial charge in [0, 0.05) is 13.2 Å². The highest BCUT2D eigenvalue weighted by atomic mass is 16.5. The largest absolute Gasteiger partial charge is 0.393 e. The molecule has 1 saturated carbocycles. The van der Waals surface area contributed by atoms with E-state index in [0.717, 1.165) is 32.0 Å². The van der Waals surface area contributed by atoms with Gasteiger partial charge in [-0.15, -0.1) is 0 Å². The van der Waals surface area contributed by atoms with Gasteiger partial charge in [-0.05, 0) is 61.7 Å². The first kappa shape index (κ1) is 14.3. The standard InChI is InChI=1S/C16H30O2/c1-16(2,3)14-6-4-12(5-7-14)15(17)13-8-10-18-11-9-13/h12-15,17H,4-11H2,1-3H3. The predicted molar refractivity (Wildman–Crippen MR) is 74.5 cm³/mol. The summed E-state index contributed by atoms with van der Waals surface area (Å²) in [6.07, 6.45) is 7.08. The van der Waals surface area contributed by atoms with Crippen LogP contribution in [0.25, 0.3) is 0 Å². The van der Waals surface area contributed by atoms with Crippen LogP contribution in [0, 0.1) is 23.2 Å². The smallest absolute Gasteiger partial charge is 0.0598 e. The van der Waals surface area contributed by atoms with E-state index in [1.807, 2.05) is 0 Å². The zero-order valence-corrected chi connectivity index (χ0v) is 12.3. The van der Waals surface area contributed by atoms with E-state index in [1.54, 1.807) is 0 Å². The molecule has 0 amide bonds. The van der Waals surface area contributed by atoms with Gasteiger partial charge in [-0.2, -0.15) is 0 Å². The van der Waals surface area contributed by atoms with E-state index in [4.69, 9.17) is 4.74 Å².